The molecular weight excluding hydrogens is 196 g/mol. The van der Waals surface area contributed by atoms with Crippen molar-refractivity contribution in [3.63, 3.8) is 0 Å². The zero-order chi connectivity index (χ0) is 11.1. The smallest absolute Gasteiger partial charge is 0.0506 e. The maximum Gasteiger partial charge on any atom is 0.0506 e. The molecule has 0 heterocycles. The van der Waals surface area contributed by atoms with Crippen LogP contribution in [-0.4, -0.2) is 13.2 Å². The second kappa shape index (κ2) is 6.70. The first-order valence-corrected chi connectivity index (χ1v) is 6.57. The van der Waals surface area contributed by atoms with E-state index in [-0.39, 0.29) is 0 Å². The summed E-state index contributed by atoms with van der Waals surface area (Å²) in [5, 5.41) is 0. The molecule has 1 fully saturated rings. The molecule has 0 radical (unpaired) electrons. The Labute approximate surface area is 98.8 Å². The van der Waals surface area contributed by atoms with Gasteiger partial charge in [0, 0.05) is 6.61 Å². The zero-order valence-electron chi connectivity index (χ0n) is 10.0. The molecule has 1 saturated carbocycles. The first-order chi connectivity index (χ1) is 7.95. The molecule has 0 amide bonds. The van der Waals surface area contributed by atoms with Gasteiger partial charge in [0.15, 0.2) is 0 Å². The largest absolute Gasteiger partial charge is 0.381 e. The summed E-state index contributed by atoms with van der Waals surface area (Å²) in [6.45, 7) is 1.85. The number of hydrogen-bond donors (Lipinski definition) is 0. The summed E-state index contributed by atoms with van der Waals surface area (Å²) < 4.78 is 5.78. The Morgan fingerprint density at radius 1 is 1.00 bits per heavy atom. The van der Waals surface area contributed by atoms with Crippen LogP contribution < -0.4 is 0 Å². The number of hydrogen-bond acceptors (Lipinski definition) is 1. The van der Waals surface area contributed by atoms with E-state index in [0.717, 1.165) is 25.6 Å². The van der Waals surface area contributed by atoms with Gasteiger partial charge in [-0.2, -0.15) is 0 Å². The van der Waals surface area contributed by atoms with E-state index in [1.54, 1.807) is 0 Å². The van der Waals surface area contributed by atoms with Crippen LogP contribution in [0.2, 0.25) is 0 Å². The van der Waals surface area contributed by atoms with Gasteiger partial charge in [-0.3, -0.25) is 0 Å². The van der Waals surface area contributed by atoms with E-state index < -0.39 is 0 Å². The molecule has 0 atom stereocenters. The highest BCUT2D eigenvalue weighted by Crippen LogP contribution is 2.23. The second-order valence-electron chi connectivity index (χ2n) is 4.81. The second-order valence-corrected chi connectivity index (χ2v) is 4.81. The Bertz CT molecular complexity index is 275. The standard InChI is InChI=1S/C15H22O/c1-3-7-14(8-4-1)11-12-16-13-15-9-5-2-6-10-15/h1,3-4,7-8,15H,2,5-6,9-13H2. The molecule has 1 aliphatic carbocycles. The van der Waals surface area contributed by atoms with Crippen LogP contribution >= 0.6 is 0 Å². The van der Waals surface area contributed by atoms with Gasteiger partial charge in [0.05, 0.1) is 6.61 Å². The van der Waals surface area contributed by atoms with Crippen LogP contribution in [0.3, 0.4) is 0 Å². The van der Waals surface area contributed by atoms with Gasteiger partial charge >= 0.3 is 0 Å². The van der Waals surface area contributed by atoms with E-state index in [1.165, 1.54) is 37.7 Å². The van der Waals surface area contributed by atoms with Crippen LogP contribution in [0.25, 0.3) is 0 Å². The minimum atomic E-state index is 0.838. The normalized spacial score (nSPS) is 17.5. The fraction of sp³-hybridized carbons (Fsp3) is 0.600. The van der Waals surface area contributed by atoms with Crippen molar-refractivity contribution in [1.29, 1.82) is 0 Å². The predicted octanol–water partition coefficient (Wildman–Crippen LogP) is 3.83. The Balaban J connectivity index is 1.58. The van der Waals surface area contributed by atoms with E-state index in [9.17, 15) is 0 Å². The van der Waals surface area contributed by atoms with Crippen LogP contribution in [0.5, 0.6) is 0 Å². The summed E-state index contributed by atoms with van der Waals surface area (Å²) in [5.74, 6) is 0.838. The molecule has 1 aromatic rings. The van der Waals surface area contributed by atoms with Crippen molar-refractivity contribution in [2.24, 2.45) is 5.92 Å². The average molecular weight is 218 g/mol. The Morgan fingerprint density at radius 3 is 2.50 bits per heavy atom. The van der Waals surface area contributed by atoms with Crippen LogP contribution in [0.1, 0.15) is 37.7 Å². The minimum absolute atomic E-state index is 0.838. The summed E-state index contributed by atoms with van der Waals surface area (Å²) >= 11 is 0. The van der Waals surface area contributed by atoms with Crippen molar-refractivity contribution in [3.8, 4) is 0 Å². The topological polar surface area (TPSA) is 9.23 Å². The monoisotopic (exact) mass is 218 g/mol. The lowest BCUT2D eigenvalue weighted by molar-refractivity contribution is 0.0874. The van der Waals surface area contributed by atoms with Crippen molar-refractivity contribution in [1.82, 2.24) is 0 Å². The van der Waals surface area contributed by atoms with Crippen LogP contribution in [0.4, 0.5) is 0 Å². The highest BCUT2D eigenvalue weighted by Gasteiger charge is 2.12. The summed E-state index contributed by atoms with van der Waals surface area (Å²) in [7, 11) is 0. The quantitative estimate of drug-likeness (QED) is 0.683. The lowest BCUT2D eigenvalue weighted by Gasteiger charge is -2.21. The third-order valence-corrected chi connectivity index (χ3v) is 3.46. The maximum absolute atomic E-state index is 5.78. The van der Waals surface area contributed by atoms with Crippen LogP contribution in [-0.2, 0) is 11.2 Å². The molecule has 0 aliphatic heterocycles. The van der Waals surface area contributed by atoms with E-state index in [0.29, 0.717) is 0 Å². The SMILES string of the molecule is c1ccc(CCOCC2CCCCC2)cc1. The summed E-state index contributed by atoms with van der Waals surface area (Å²) in [6.07, 6.45) is 8.06. The van der Waals surface area contributed by atoms with Crippen molar-refractivity contribution in [3.05, 3.63) is 35.9 Å². The zero-order valence-corrected chi connectivity index (χ0v) is 10.0. The first kappa shape index (κ1) is 11.7. The van der Waals surface area contributed by atoms with Gasteiger partial charge < -0.3 is 4.74 Å². The maximum atomic E-state index is 5.78. The Morgan fingerprint density at radius 2 is 1.75 bits per heavy atom. The number of benzene rings is 1. The Hall–Kier alpha value is -0.820. The highest BCUT2D eigenvalue weighted by atomic mass is 16.5. The molecule has 1 nitrogen and oxygen atoms in total. The molecule has 0 N–H and O–H groups in total. The minimum Gasteiger partial charge on any atom is -0.381 e. The lowest BCUT2D eigenvalue weighted by atomic mass is 9.90. The van der Waals surface area contributed by atoms with Crippen molar-refractivity contribution in [2.45, 2.75) is 38.5 Å². The Kier molecular flexibility index (Phi) is 4.88. The van der Waals surface area contributed by atoms with Gasteiger partial charge in [-0.25, -0.2) is 0 Å². The van der Waals surface area contributed by atoms with E-state index in [2.05, 4.69) is 30.3 Å². The number of rotatable bonds is 5. The molecule has 1 heteroatoms. The van der Waals surface area contributed by atoms with Gasteiger partial charge in [0.2, 0.25) is 0 Å². The molecule has 0 bridgehead atoms. The molecule has 2 rings (SSSR count). The lowest BCUT2D eigenvalue weighted by Crippen LogP contribution is -2.14. The van der Waals surface area contributed by atoms with E-state index in [1.807, 2.05) is 0 Å². The molecule has 88 valence electrons. The van der Waals surface area contributed by atoms with Crippen LogP contribution in [0, 0.1) is 5.92 Å². The summed E-state index contributed by atoms with van der Waals surface area (Å²) in [4.78, 5) is 0. The van der Waals surface area contributed by atoms with Crippen LogP contribution in [0.15, 0.2) is 30.3 Å². The summed E-state index contributed by atoms with van der Waals surface area (Å²) in [5.41, 5.74) is 1.38. The first-order valence-electron chi connectivity index (χ1n) is 6.57. The van der Waals surface area contributed by atoms with Crippen molar-refractivity contribution < 1.29 is 4.74 Å². The molecular formula is C15H22O. The van der Waals surface area contributed by atoms with Gasteiger partial charge in [-0.05, 0) is 30.7 Å². The van der Waals surface area contributed by atoms with Gasteiger partial charge in [0.25, 0.3) is 0 Å². The third-order valence-electron chi connectivity index (χ3n) is 3.46. The molecule has 0 spiro atoms. The predicted molar refractivity (Wildman–Crippen MR) is 67.5 cm³/mol. The fourth-order valence-electron chi connectivity index (χ4n) is 2.44. The molecule has 16 heavy (non-hydrogen) atoms. The van der Waals surface area contributed by atoms with Crippen molar-refractivity contribution >= 4 is 0 Å². The molecule has 1 aromatic carbocycles. The highest BCUT2D eigenvalue weighted by molar-refractivity contribution is 5.14. The third kappa shape index (κ3) is 3.97. The molecule has 0 saturated heterocycles. The van der Waals surface area contributed by atoms with Gasteiger partial charge in [0.1, 0.15) is 0 Å². The summed E-state index contributed by atoms with van der Waals surface area (Å²) in [6, 6.07) is 10.6. The van der Waals surface area contributed by atoms with E-state index in [4.69, 9.17) is 4.74 Å². The fourth-order valence-corrected chi connectivity index (χ4v) is 2.44. The molecule has 0 aromatic heterocycles. The van der Waals surface area contributed by atoms with E-state index >= 15 is 0 Å². The molecule has 0 unspecified atom stereocenters. The van der Waals surface area contributed by atoms with Gasteiger partial charge in [-0.1, -0.05) is 49.6 Å². The number of ether oxygens (including phenoxy) is 1. The van der Waals surface area contributed by atoms with Gasteiger partial charge in [-0.15, -0.1) is 0 Å². The van der Waals surface area contributed by atoms with Crippen molar-refractivity contribution in [2.75, 3.05) is 13.2 Å². The molecule has 1 aliphatic rings. The average Bonchev–Trinajstić information content (AvgIpc) is 2.37.